The third-order valence-electron chi connectivity index (χ3n) is 3.87. The quantitative estimate of drug-likeness (QED) is 0.890. The van der Waals surface area contributed by atoms with Crippen molar-refractivity contribution in [3.8, 4) is 5.75 Å². The maximum Gasteiger partial charge on any atom is 0.128 e. The van der Waals surface area contributed by atoms with Crippen LogP contribution in [0.1, 0.15) is 19.8 Å². The molecule has 0 radical (unpaired) electrons. The highest BCUT2D eigenvalue weighted by Crippen LogP contribution is 2.30. The Kier molecular flexibility index (Phi) is 4.48. The summed E-state index contributed by atoms with van der Waals surface area (Å²) in [4.78, 5) is 0. The van der Waals surface area contributed by atoms with Gasteiger partial charge in [-0.3, -0.25) is 0 Å². The molecule has 0 spiro atoms. The molecule has 3 unspecified atom stereocenters. The lowest BCUT2D eigenvalue weighted by Crippen LogP contribution is -2.59. The number of benzene rings is 2. The lowest BCUT2D eigenvalue weighted by atomic mass is 9.86. The SMILES string of the molecule is CCCOC1C(N)CC1Oc1ccc2cc(Br)ccc2c1. The summed E-state index contributed by atoms with van der Waals surface area (Å²) in [5.74, 6) is 0.881. The van der Waals surface area contributed by atoms with E-state index in [-0.39, 0.29) is 18.2 Å². The fourth-order valence-corrected chi connectivity index (χ4v) is 3.04. The molecule has 21 heavy (non-hydrogen) atoms. The Morgan fingerprint density at radius 2 is 1.95 bits per heavy atom. The molecule has 4 heteroatoms. The van der Waals surface area contributed by atoms with Gasteiger partial charge in [-0.1, -0.05) is 35.0 Å². The third kappa shape index (κ3) is 3.23. The van der Waals surface area contributed by atoms with Crippen molar-refractivity contribution >= 4 is 26.7 Å². The second-order valence-corrected chi connectivity index (χ2v) is 6.46. The number of nitrogens with two attached hydrogens (primary N) is 1. The minimum Gasteiger partial charge on any atom is -0.488 e. The Morgan fingerprint density at radius 1 is 1.19 bits per heavy atom. The van der Waals surface area contributed by atoms with Gasteiger partial charge in [-0.25, -0.2) is 0 Å². The van der Waals surface area contributed by atoms with Crippen molar-refractivity contribution in [2.45, 2.75) is 38.0 Å². The lowest BCUT2D eigenvalue weighted by Gasteiger charge is -2.41. The van der Waals surface area contributed by atoms with Crippen LogP contribution in [0.4, 0.5) is 0 Å². The van der Waals surface area contributed by atoms with Crippen LogP contribution < -0.4 is 10.5 Å². The van der Waals surface area contributed by atoms with Gasteiger partial charge in [0, 0.05) is 23.5 Å². The van der Waals surface area contributed by atoms with Crippen LogP contribution in [0, 0.1) is 0 Å². The Labute approximate surface area is 133 Å². The van der Waals surface area contributed by atoms with Gasteiger partial charge >= 0.3 is 0 Å². The second kappa shape index (κ2) is 6.34. The van der Waals surface area contributed by atoms with Crippen molar-refractivity contribution in [1.82, 2.24) is 0 Å². The van der Waals surface area contributed by atoms with Gasteiger partial charge < -0.3 is 15.2 Å². The van der Waals surface area contributed by atoms with Crippen molar-refractivity contribution in [2.75, 3.05) is 6.61 Å². The Morgan fingerprint density at radius 3 is 2.71 bits per heavy atom. The van der Waals surface area contributed by atoms with Gasteiger partial charge in [0.1, 0.15) is 18.0 Å². The fourth-order valence-electron chi connectivity index (χ4n) is 2.66. The second-order valence-electron chi connectivity index (χ2n) is 5.54. The van der Waals surface area contributed by atoms with Gasteiger partial charge in [0.2, 0.25) is 0 Å². The highest BCUT2D eigenvalue weighted by molar-refractivity contribution is 9.10. The molecular weight excluding hydrogens is 330 g/mol. The van der Waals surface area contributed by atoms with Crippen molar-refractivity contribution in [2.24, 2.45) is 5.73 Å². The Hall–Kier alpha value is -1.10. The zero-order valence-electron chi connectivity index (χ0n) is 12.1. The van der Waals surface area contributed by atoms with Crippen LogP contribution in [0.5, 0.6) is 5.75 Å². The van der Waals surface area contributed by atoms with Crippen LogP contribution in [0.3, 0.4) is 0 Å². The molecule has 3 atom stereocenters. The summed E-state index contributed by atoms with van der Waals surface area (Å²) in [6.45, 7) is 2.84. The molecule has 0 aromatic heterocycles. The van der Waals surface area contributed by atoms with E-state index in [4.69, 9.17) is 15.2 Å². The molecule has 2 aromatic carbocycles. The third-order valence-corrected chi connectivity index (χ3v) is 4.36. The maximum absolute atomic E-state index is 6.05. The van der Waals surface area contributed by atoms with Gasteiger partial charge in [0.15, 0.2) is 0 Å². The van der Waals surface area contributed by atoms with Gasteiger partial charge in [0.05, 0.1) is 0 Å². The zero-order chi connectivity index (χ0) is 14.8. The summed E-state index contributed by atoms with van der Waals surface area (Å²) in [5, 5.41) is 2.37. The van der Waals surface area contributed by atoms with E-state index in [0.717, 1.165) is 29.7 Å². The van der Waals surface area contributed by atoms with E-state index in [1.807, 2.05) is 12.1 Å². The predicted molar refractivity (Wildman–Crippen MR) is 88.7 cm³/mol. The van der Waals surface area contributed by atoms with Gasteiger partial charge in [0.25, 0.3) is 0 Å². The highest BCUT2D eigenvalue weighted by atomic mass is 79.9. The zero-order valence-corrected chi connectivity index (χ0v) is 13.7. The molecule has 1 aliphatic rings. The first-order chi connectivity index (χ1) is 10.2. The van der Waals surface area contributed by atoms with Crippen molar-refractivity contribution < 1.29 is 9.47 Å². The van der Waals surface area contributed by atoms with Crippen LogP contribution in [0.2, 0.25) is 0 Å². The number of rotatable bonds is 5. The number of halogens is 1. The predicted octanol–water partition coefficient (Wildman–Crippen LogP) is 3.88. The van der Waals surface area contributed by atoms with Crippen molar-refractivity contribution in [3.05, 3.63) is 40.9 Å². The Balaban J connectivity index is 1.71. The molecule has 0 bridgehead atoms. The molecule has 0 amide bonds. The highest BCUT2D eigenvalue weighted by Gasteiger charge is 2.41. The van der Waals surface area contributed by atoms with E-state index in [9.17, 15) is 0 Å². The summed E-state index contributed by atoms with van der Waals surface area (Å²) in [7, 11) is 0. The molecular formula is C17H20BrNO2. The first kappa shape index (κ1) is 14.8. The largest absolute Gasteiger partial charge is 0.488 e. The molecule has 3 rings (SSSR count). The number of hydrogen-bond donors (Lipinski definition) is 1. The van der Waals surface area contributed by atoms with E-state index in [1.165, 1.54) is 10.8 Å². The average Bonchev–Trinajstić information content (AvgIpc) is 2.47. The van der Waals surface area contributed by atoms with E-state index in [0.29, 0.717) is 0 Å². The molecule has 2 aromatic rings. The van der Waals surface area contributed by atoms with E-state index in [1.54, 1.807) is 0 Å². The van der Waals surface area contributed by atoms with Crippen molar-refractivity contribution in [3.63, 3.8) is 0 Å². The molecule has 112 valence electrons. The summed E-state index contributed by atoms with van der Waals surface area (Å²) in [6.07, 6.45) is 1.94. The molecule has 0 saturated heterocycles. The topological polar surface area (TPSA) is 44.5 Å². The first-order valence-corrected chi connectivity index (χ1v) is 8.20. The summed E-state index contributed by atoms with van der Waals surface area (Å²) < 4.78 is 12.9. The standard InChI is InChI=1S/C17H20BrNO2/c1-2-7-20-17-15(19)10-16(17)21-14-6-4-11-8-13(18)5-3-12(11)9-14/h3-6,8-9,15-17H,2,7,10,19H2,1H3. The van der Waals surface area contributed by atoms with E-state index >= 15 is 0 Å². The normalized spacial score (nSPS) is 24.8. The van der Waals surface area contributed by atoms with E-state index < -0.39 is 0 Å². The van der Waals surface area contributed by atoms with Crippen LogP contribution >= 0.6 is 15.9 Å². The van der Waals surface area contributed by atoms with Crippen LogP contribution in [0.15, 0.2) is 40.9 Å². The first-order valence-electron chi connectivity index (χ1n) is 7.40. The van der Waals surface area contributed by atoms with Crippen LogP contribution in [-0.2, 0) is 4.74 Å². The van der Waals surface area contributed by atoms with Gasteiger partial charge in [-0.15, -0.1) is 0 Å². The number of ether oxygens (including phenoxy) is 2. The van der Waals surface area contributed by atoms with Crippen LogP contribution in [-0.4, -0.2) is 24.9 Å². The van der Waals surface area contributed by atoms with Crippen molar-refractivity contribution in [1.29, 1.82) is 0 Å². The molecule has 2 N–H and O–H groups in total. The monoisotopic (exact) mass is 349 g/mol. The molecule has 0 heterocycles. The van der Waals surface area contributed by atoms with E-state index in [2.05, 4.69) is 47.1 Å². The molecule has 1 saturated carbocycles. The van der Waals surface area contributed by atoms with Gasteiger partial charge in [-0.05, 0) is 41.5 Å². The Bertz CT molecular complexity index is 631. The minimum atomic E-state index is 0.0190. The number of hydrogen-bond acceptors (Lipinski definition) is 3. The molecule has 1 aliphatic carbocycles. The lowest BCUT2D eigenvalue weighted by molar-refractivity contribution is -0.0979. The molecule has 0 aliphatic heterocycles. The summed E-state index contributed by atoms with van der Waals surface area (Å²) >= 11 is 3.49. The smallest absolute Gasteiger partial charge is 0.128 e. The fraction of sp³-hybridized carbons (Fsp3) is 0.412. The minimum absolute atomic E-state index is 0.0190. The average molecular weight is 350 g/mol. The van der Waals surface area contributed by atoms with Crippen LogP contribution in [0.25, 0.3) is 10.8 Å². The summed E-state index contributed by atoms with van der Waals surface area (Å²) in [6, 6.07) is 12.5. The van der Waals surface area contributed by atoms with Gasteiger partial charge in [-0.2, -0.15) is 0 Å². The molecule has 1 fully saturated rings. The maximum atomic E-state index is 6.05. The number of fused-ring (bicyclic) bond motifs is 1. The molecule has 3 nitrogen and oxygen atoms in total. The summed E-state index contributed by atoms with van der Waals surface area (Å²) in [5.41, 5.74) is 6.00.